The third-order valence-electron chi connectivity index (χ3n) is 3.63. The SMILES string of the molecule is CCc1noc(CN(C)Cc2ccc(-c3cccnc3)cc2)n1. The Balaban J connectivity index is 1.61. The van der Waals surface area contributed by atoms with Gasteiger partial charge in [0, 0.05) is 25.4 Å². The molecule has 0 aliphatic rings. The average molecular weight is 308 g/mol. The van der Waals surface area contributed by atoms with E-state index in [1.165, 1.54) is 11.1 Å². The average Bonchev–Trinajstić information content (AvgIpc) is 3.04. The molecule has 0 fully saturated rings. The lowest BCUT2D eigenvalue weighted by Gasteiger charge is -2.14. The van der Waals surface area contributed by atoms with E-state index in [-0.39, 0.29) is 0 Å². The predicted molar refractivity (Wildman–Crippen MR) is 88.5 cm³/mol. The number of rotatable bonds is 6. The Morgan fingerprint density at radius 2 is 1.87 bits per heavy atom. The van der Waals surface area contributed by atoms with Crippen molar-refractivity contribution in [2.45, 2.75) is 26.4 Å². The van der Waals surface area contributed by atoms with Gasteiger partial charge in [0.2, 0.25) is 5.89 Å². The van der Waals surface area contributed by atoms with Crippen LogP contribution in [0.1, 0.15) is 24.2 Å². The number of aromatic nitrogens is 3. The van der Waals surface area contributed by atoms with Gasteiger partial charge in [0.05, 0.1) is 6.54 Å². The Bertz CT molecular complexity index is 737. The van der Waals surface area contributed by atoms with Gasteiger partial charge in [-0.15, -0.1) is 0 Å². The zero-order chi connectivity index (χ0) is 16.1. The van der Waals surface area contributed by atoms with E-state index in [2.05, 4.69) is 50.4 Å². The van der Waals surface area contributed by atoms with Crippen LogP contribution in [0, 0.1) is 0 Å². The van der Waals surface area contributed by atoms with Crippen LogP contribution < -0.4 is 0 Å². The quantitative estimate of drug-likeness (QED) is 0.699. The topological polar surface area (TPSA) is 55.1 Å². The van der Waals surface area contributed by atoms with Gasteiger partial charge in [-0.2, -0.15) is 4.98 Å². The van der Waals surface area contributed by atoms with Crippen LogP contribution in [0.2, 0.25) is 0 Å². The molecule has 2 aromatic heterocycles. The molecule has 0 atom stereocenters. The molecule has 1 aromatic carbocycles. The number of nitrogens with zero attached hydrogens (tertiary/aromatic N) is 4. The van der Waals surface area contributed by atoms with Crippen molar-refractivity contribution in [2.24, 2.45) is 0 Å². The number of hydrogen-bond donors (Lipinski definition) is 0. The molecule has 0 aliphatic heterocycles. The van der Waals surface area contributed by atoms with Crippen molar-refractivity contribution in [1.82, 2.24) is 20.0 Å². The van der Waals surface area contributed by atoms with Gasteiger partial charge in [-0.1, -0.05) is 42.4 Å². The van der Waals surface area contributed by atoms with Gasteiger partial charge < -0.3 is 4.52 Å². The van der Waals surface area contributed by atoms with E-state index in [4.69, 9.17) is 4.52 Å². The monoisotopic (exact) mass is 308 g/mol. The lowest BCUT2D eigenvalue weighted by molar-refractivity contribution is 0.260. The third kappa shape index (κ3) is 4.02. The van der Waals surface area contributed by atoms with Crippen LogP contribution in [0.25, 0.3) is 11.1 Å². The molecule has 0 aliphatic carbocycles. The van der Waals surface area contributed by atoms with Crippen molar-refractivity contribution in [1.29, 1.82) is 0 Å². The zero-order valence-electron chi connectivity index (χ0n) is 13.4. The molecular formula is C18H20N4O. The van der Waals surface area contributed by atoms with Crippen LogP contribution in [-0.2, 0) is 19.5 Å². The smallest absolute Gasteiger partial charge is 0.240 e. The van der Waals surface area contributed by atoms with Crippen LogP contribution in [0.15, 0.2) is 53.3 Å². The molecule has 0 N–H and O–H groups in total. The highest BCUT2D eigenvalue weighted by Crippen LogP contribution is 2.19. The Kier molecular flexibility index (Phi) is 4.78. The van der Waals surface area contributed by atoms with Gasteiger partial charge >= 0.3 is 0 Å². The summed E-state index contributed by atoms with van der Waals surface area (Å²) in [5.74, 6) is 1.42. The maximum absolute atomic E-state index is 5.23. The van der Waals surface area contributed by atoms with Crippen molar-refractivity contribution >= 4 is 0 Å². The van der Waals surface area contributed by atoms with Gasteiger partial charge in [0.25, 0.3) is 0 Å². The lowest BCUT2D eigenvalue weighted by atomic mass is 10.1. The van der Waals surface area contributed by atoms with Gasteiger partial charge in [0.15, 0.2) is 5.82 Å². The highest BCUT2D eigenvalue weighted by Gasteiger charge is 2.08. The van der Waals surface area contributed by atoms with E-state index < -0.39 is 0 Å². The van der Waals surface area contributed by atoms with Gasteiger partial charge in [0.1, 0.15) is 0 Å². The second-order valence-electron chi connectivity index (χ2n) is 5.57. The fourth-order valence-electron chi connectivity index (χ4n) is 2.43. The van der Waals surface area contributed by atoms with Gasteiger partial charge in [-0.25, -0.2) is 0 Å². The predicted octanol–water partition coefficient (Wildman–Crippen LogP) is 3.33. The van der Waals surface area contributed by atoms with Gasteiger partial charge in [-0.05, 0) is 29.8 Å². The maximum atomic E-state index is 5.23. The molecule has 3 rings (SSSR count). The minimum atomic E-state index is 0.650. The van der Waals surface area contributed by atoms with Crippen LogP contribution in [-0.4, -0.2) is 27.1 Å². The largest absolute Gasteiger partial charge is 0.338 e. The summed E-state index contributed by atoms with van der Waals surface area (Å²) in [6.07, 6.45) is 4.46. The minimum Gasteiger partial charge on any atom is -0.338 e. The summed E-state index contributed by atoms with van der Waals surface area (Å²) in [5, 5.41) is 3.92. The fraction of sp³-hybridized carbons (Fsp3) is 0.278. The Hall–Kier alpha value is -2.53. The fourth-order valence-corrected chi connectivity index (χ4v) is 2.43. The molecule has 0 saturated heterocycles. The molecule has 5 nitrogen and oxygen atoms in total. The number of aryl methyl sites for hydroxylation is 1. The summed E-state index contributed by atoms with van der Waals surface area (Å²) in [6.45, 7) is 3.50. The third-order valence-corrected chi connectivity index (χ3v) is 3.63. The van der Waals surface area contributed by atoms with Gasteiger partial charge in [-0.3, -0.25) is 9.88 Å². The first-order valence-electron chi connectivity index (χ1n) is 7.74. The number of pyridine rings is 1. The van der Waals surface area contributed by atoms with E-state index >= 15 is 0 Å². The summed E-state index contributed by atoms with van der Waals surface area (Å²) >= 11 is 0. The molecule has 2 heterocycles. The first-order valence-corrected chi connectivity index (χ1v) is 7.74. The van der Waals surface area contributed by atoms with Crippen LogP contribution >= 0.6 is 0 Å². The lowest BCUT2D eigenvalue weighted by Crippen LogP contribution is -2.17. The molecule has 3 aromatic rings. The van der Waals surface area contributed by atoms with Crippen LogP contribution in [0.5, 0.6) is 0 Å². The molecule has 23 heavy (non-hydrogen) atoms. The van der Waals surface area contributed by atoms with E-state index in [0.29, 0.717) is 12.4 Å². The first kappa shape index (κ1) is 15.4. The normalized spacial score (nSPS) is 11.1. The van der Waals surface area contributed by atoms with Crippen LogP contribution in [0.3, 0.4) is 0 Å². The second-order valence-corrected chi connectivity index (χ2v) is 5.57. The van der Waals surface area contributed by atoms with Crippen molar-refractivity contribution in [3.05, 3.63) is 66.1 Å². The van der Waals surface area contributed by atoms with E-state index in [1.54, 1.807) is 6.20 Å². The minimum absolute atomic E-state index is 0.650. The number of hydrogen-bond acceptors (Lipinski definition) is 5. The molecule has 0 bridgehead atoms. The van der Waals surface area contributed by atoms with Crippen molar-refractivity contribution in [3.63, 3.8) is 0 Å². The summed E-state index contributed by atoms with van der Waals surface area (Å²) < 4.78 is 5.23. The molecule has 118 valence electrons. The van der Waals surface area contributed by atoms with E-state index in [9.17, 15) is 0 Å². The van der Waals surface area contributed by atoms with Crippen molar-refractivity contribution in [3.8, 4) is 11.1 Å². The molecule has 0 spiro atoms. The Labute approximate surface area is 136 Å². The molecule has 0 amide bonds. The highest BCUT2D eigenvalue weighted by molar-refractivity contribution is 5.62. The van der Waals surface area contributed by atoms with Crippen molar-refractivity contribution < 1.29 is 4.52 Å². The molecule has 0 unspecified atom stereocenters. The summed E-state index contributed by atoms with van der Waals surface area (Å²) in [6, 6.07) is 12.6. The second kappa shape index (κ2) is 7.15. The van der Waals surface area contributed by atoms with E-state index in [0.717, 1.165) is 24.4 Å². The molecular weight excluding hydrogens is 288 g/mol. The Morgan fingerprint density at radius 1 is 1.04 bits per heavy atom. The summed E-state index contributed by atoms with van der Waals surface area (Å²) in [7, 11) is 2.05. The maximum Gasteiger partial charge on any atom is 0.240 e. The van der Waals surface area contributed by atoms with Crippen LogP contribution in [0.4, 0.5) is 0 Å². The summed E-state index contributed by atoms with van der Waals surface area (Å²) in [5.41, 5.74) is 3.55. The van der Waals surface area contributed by atoms with Crippen molar-refractivity contribution in [2.75, 3.05) is 7.05 Å². The standard InChI is InChI=1S/C18H20N4O/c1-3-17-20-18(23-21-17)13-22(2)12-14-6-8-15(9-7-14)16-5-4-10-19-11-16/h4-11H,3,12-13H2,1-2H3. The zero-order valence-corrected chi connectivity index (χ0v) is 13.4. The first-order chi connectivity index (χ1) is 11.2. The molecule has 0 radical (unpaired) electrons. The number of benzene rings is 1. The molecule has 0 saturated carbocycles. The molecule has 5 heteroatoms. The summed E-state index contributed by atoms with van der Waals surface area (Å²) in [4.78, 5) is 10.7. The van der Waals surface area contributed by atoms with E-state index in [1.807, 2.05) is 26.2 Å². The highest BCUT2D eigenvalue weighted by atomic mass is 16.5. The Morgan fingerprint density at radius 3 is 2.52 bits per heavy atom.